The summed E-state index contributed by atoms with van der Waals surface area (Å²) in [5.74, 6) is -0.127. The third kappa shape index (κ3) is 4.11. The van der Waals surface area contributed by atoms with Crippen molar-refractivity contribution in [3.05, 3.63) is 48.5 Å². The molecule has 9 nitrogen and oxygen atoms in total. The third-order valence-electron chi connectivity index (χ3n) is 4.98. The lowest BCUT2D eigenvalue weighted by molar-refractivity contribution is 0.0473. The monoisotopic (exact) mass is 409 g/mol. The minimum atomic E-state index is -0.544. The molecule has 3 aromatic rings. The van der Waals surface area contributed by atoms with Gasteiger partial charge in [0.1, 0.15) is 5.65 Å². The Morgan fingerprint density at radius 2 is 2.17 bits per heavy atom. The van der Waals surface area contributed by atoms with Crippen LogP contribution in [0.3, 0.4) is 0 Å². The van der Waals surface area contributed by atoms with E-state index in [0.717, 1.165) is 18.2 Å². The first kappa shape index (κ1) is 19.8. The van der Waals surface area contributed by atoms with Gasteiger partial charge in [0.05, 0.1) is 42.0 Å². The fourth-order valence-corrected chi connectivity index (χ4v) is 3.58. The SMILES string of the molecule is CCOC(=O)Nc1cncc(-n2ccc3cc(C(=O)N4CCC[C@@H](O)C4)cnc32)c1. The van der Waals surface area contributed by atoms with Crippen molar-refractivity contribution >= 4 is 28.7 Å². The number of carbonyl (C=O) groups is 2. The normalized spacial score (nSPS) is 16.5. The van der Waals surface area contributed by atoms with E-state index in [1.165, 1.54) is 6.20 Å². The number of piperidine rings is 1. The van der Waals surface area contributed by atoms with Gasteiger partial charge < -0.3 is 14.7 Å². The number of pyridine rings is 2. The second-order valence-electron chi connectivity index (χ2n) is 7.15. The molecule has 4 heterocycles. The van der Waals surface area contributed by atoms with Gasteiger partial charge in [-0.2, -0.15) is 0 Å². The standard InChI is InChI=1S/C21H23N5O4/c1-2-30-21(29)24-16-9-17(12-22-11-16)26-7-5-14-8-15(10-23-19(14)26)20(28)25-6-3-4-18(27)13-25/h5,7-12,18,27H,2-4,6,13H2,1H3,(H,24,29)/t18-/m1/s1. The van der Waals surface area contributed by atoms with Crippen molar-refractivity contribution in [2.45, 2.75) is 25.9 Å². The number of β-amino-alcohol motifs (C(OH)–C–C–N with tert-alkyl or cyclic N) is 1. The van der Waals surface area contributed by atoms with E-state index >= 15 is 0 Å². The van der Waals surface area contributed by atoms with Crippen molar-refractivity contribution < 1.29 is 19.4 Å². The van der Waals surface area contributed by atoms with Crippen LogP contribution in [0.25, 0.3) is 16.7 Å². The number of likely N-dealkylation sites (tertiary alicyclic amines) is 1. The molecule has 0 radical (unpaired) electrons. The number of nitrogens with one attached hydrogen (secondary N) is 1. The summed E-state index contributed by atoms with van der Waals surface area (Å²) in [6.45, 7) is 3.01. The molecule has 1 aliphatic rings. The number of aliphatic hydroxyl groups is 1. The maximum atomic E-state index is 12.8. The quantitative estimate of drug-likeness (QED) is 0.685. The number of hydrogen-bond acceptors (Lipinski definition) is 6. The molecule has 3 aromatic heterocycles. The Hall–Kier alpha value is -3.46. The molecule has 0 bridgehead atoms. The Kier molecular flexibility index (Phi) is 5.62. The molecular weight excluding hydrogens is 386 g/mol. The first-order valence-corrected chi connectivity index (χ1v) is 9.89. The van der Waals surface area contributed by atoms with Crippen LogP contribution in [0.4, 0.5) is 10.5 Å². The number of nitrogens with zero attached hydrogens (tertiary/aromatic N) is 4. The summed E-state index contributed by atoms with van der Waals surface area (Å²) in [6, 6.07) is 5.44. The number of ether oxygens (including phenoxy) is 1. The molecule has 0 saturated carbocycles. The lowest BCUT2D eigenvalue weighted by atomic mass is 10.1. The van der Waals surface area contributed by atoms with Gasteiger partial charge >= 0.3 is 6.09 Å². The number of rotatable bonds is 4. The van der Waals surface area contributed by atoms with Gasteiger partial charge in [0, 0.05) is 30.9 Å². The average molecular weight is 409 g/mol. The minimum Gasteiger partial charge on any atom is -0.450 e. The molecule has 30 heavy (non-hydrogen) atoms. The summed E-state index contributed by atoms with van der Waals surface area (Å²) in [7, 11) is 0. The van der Waals surface area contributed by atoms with Crippen molar-refractivity contribution in [1.82, 2.24) is 19.4 Å². The van der Waals surface area contributed by atoms with Crippen LogP contribution in [0, 0.1) is 0 Å². The van der Waals surface area contributed by atoms with E-state index in [1.807, 2.05) is 16.8 Å². The van der Waals surface area contributed by atoms with E-state index in [-0.39, 0.29) is 12.5 Å². The Labute approximate surface area is 173 Å². The van der Waals surface area contributed by atoms with Crippen molar-refractivity contribution in [3.8, 4) is 5.69 Å². The van der Waals surface area contributed by atoms with E-state index in [4.69, 9.17) is 4.74 Å². The second kappa shape index (κ2) is 8.50. The van der Waals surface area contributed by atoms with E-state index in [9.17, 15) is 14.7 Å². The molecule has 2 N–H and O–H groups in total. The van der Waals surface area contributed by atoms with Crippen molar-refractivity contribution in [3.63, 3.8) is 0 Å². The molecule has 0 unspecified atom stereocenters. The zero-order valence-electron chi connectivity index (χ0n) is 16.6. The predicted octanol–water partition coefficient (Wildman–Crippen LogP) is 2.59. The number of aliphatic hydroxyl groups excluding tert-OH is 1. The van der Waals surface area contributed by atoms with Crippen LogP contribution in [-0.4, -0.2) is 62.3 Å². The highest BCUT2D eigenvalue weighted by atomic mass is 16.5. The molecule has 1 atom stereocenters. The molecule has 4 rings (SSSR count). The van der Waals surface area contributed by atoms with E-state index in [2.05, 4.69) is 15.3 Å². The number of aromatic nitrogens is 3. The van der Waals surface area contributed by atoms with Crippen molar-refractivity contribution in [1.29, 1.82) is 0 Å². The maximum Gasteiger partial charge on any atom is 0.411 e. The minimum absolute atomic E-state index is 0.127. The van der Waals surface area contributed by atoms with E-state index < -0.39 is 12.2 Å². The molecule has 1 aliphatic heterocycles. The molecule has 156 valence electrons. The van der Waals surface area contributed by atoms with Crippen LogP contribution in [0.15, 0.2) is 43.0 Å². The number of carbonyl (C=O) groups excluding carboxylic acids is 2. The molecule has 9 heteroatoms. The first-order chi connectivity index (χ1) is 14.5. The summed E-state index contributed by atoms with van der Waals surface area (Å²) in [6.07, 6.45) is 7.08. The Balaban J connectivity index is 1.58. The smallest absolute Gasteiger partial charge is 0.411 e. The average Bonchev–Trinajstić information content (AvgIpc) is 3.17. The Bertz CT molecular complexity index is 1080. The maximum absolute atomic E-state index is 12.8. The van der Waals surface area contributed by atoms with Crippen LogP contribution in [0.2, 0.25) is 0 Å². The highest BCUT2D eigenvalue weighted by molar-refractivity contribution is 5.97. The number of anilines is 1. The molecule has 0 aromatic carbocycles. The molecule has 1 fully saturated rings. The van der Waals surface area contributed by atoms with Gasteiger partial charge in [0.2, 0.25) is 0 Å². The summed E-state index contributed by atoms with van der Waals surface area (Å²) in [4.78, 5) is 34.7. The van der Waals surface area contributed by atoms with Crippen molar-refractivity contribution in [2.75, 3.05) is 25.0 Å². The predicted molar refractivity (Wildman–Crippen MR) is 111 cm³/mol. The van der Waals surface area contributed by atoms with Gasteiger partial charge in [-0.25, -0.2) is 9.78 Å². The molecule has 0 spiro atoms. The van der Waals surface area contributed by atoms with Crippen LogP contribution in [-0.2, 0) is 4.74 Å². The molecule has 2 amide bonds. The van der Waals surface area contributed by atoms with Crippen LogP contribution in [0.5, 0.6) is 0 Å². The van der Waals surface area contributed by atoms with Crippen LogP contribution < -0.4 is 5.32 Å². The fraction of sp³-hybridized carbons (Fsp3) is 0.333. The third-order valence-corrected chi connectivity index (χ3v) is 4.98. The van der Waals surface area contributed by atoms with Crippen LogP contribution >= 0.6 is 0 Å². The lowest BCUT2D eigenvalue weighted by Gasteiger charge is -2.30. The number of hydrogen-bond donors (Lipinski definition) is 2. The van der Waals surface area contributed by atoms with Gasteiger partial charge in [-0.3, -0.25) is 19.7 Å². The van der Waals surface area contributed by atoms with Gasteiger partial charge in [0.15, 0.2) is 0 Å². The number of amides is 2. The lowest BCUT2D eigenvalue weighted by Crippen LogP contribution is -2.42. The Morgan fingerprint density at radius 1 is 1.30 bits per heavy atom. The second-order valence-corrected chi connectivity index (χ2v) is 7.15. The molecule has 1 saturated heterocycles. The van der Waals surface area contributed by atoms with Gasteiger partial charge in [-0.1, -0.05) is 0 Å². The number of fused-ring (bicyclic) bond motifs is 1. The highest BCUT2D eigenvalue weighted by Crippen LogP contribution is 2.22. The Morgan fingerprint density at radius 3 is 2.97 bits per heavy atom. The summed E-state index contributed by atoms with van der Waals surface area (Å²) in [5.41, 5.74) is 2.37. The molecular formula is C21H23N5O4. The van der Waals surface area contributed by atoms with E-state index in [0.29, 0.717) is 35.7 Å². The molecule has 0 aliphatic carbocycles. The van der Waals surface area contributed by atoms with Gasteiger partial charge in [-0.05, 0) is 38.0 Å². The van der Waals surface area contributed by atoms with E-state index in [1.54, 1.807) is 36.4 Å². The summed E-state index contributed by atoms with van der Waals surface area (Å²) < 4.78 is 6.72. The summed E-state index contributed by atoms with van der Waals surface area (Å²) in [5, 5.41) is 13.3. The van der Waals surface area contributed by atoms with Gasteiger partial charge in [0.25, 0.3) is 5.91 Å². The summed E-state index contributed by atoms with van der Waals surface area (Å²) >= 11 is 0. The zero-order valence-corrected chi connectivity index (χ0v) is 16.6. The largest absolute Gasteiger partial charge is 0.450 e. The fourth-order valence-electron chi connectivity index (χ4n) is 3.58. The van der Waals surface area contributed by atoms with Crippen LogP contribution in [0.1, 0.15) is 30.1 Å². The first-order valence-electron chi connectivity index (χ1n) is 9.89. The highest BCUT2D eigenvalue weighted by Gasteiger charge is 2.23. The van der Waals surface area contributed by atoms with Gasteiger partial charge in [-0.15, -0.1) is 0 Å². The topological polar surface area (TPSA) is 110 Å². The zero-order chi connectivity index (χ0) is 21.1. The van der Waals surface area contributed by atoms with Crippen molar-refractivity contribution in [2.24, 2.45) is 0 Å².